The number of thioether (sulfide) groups is 1. The van der Waals surface area contributed by atoms with Crippen LogP contribution in [0.3, 0.4) is 0 Å². The first-order valence-corrected chi connectivity index (χ1v) is 8.68. The molecule has 1 heterocycles. The number of carbonyl (C=O) groups is 1. The van der Waals surface area contributed by atoms with E-state index < -0.39 is 5.56 Å². The Labute approximate surface area is 154 Å². The monoisotopic (exact) mass is 374 g/mol. The normalized spacial score (nSPS) is 10.1. The fourth-order valence-corrected chi connectivity index (χ4v) is 2.86. The molecule has 136 valence electrons. The number of carbonyl (C=O) groups excluding carboxylic acids is 1. The SMILES string of the molecule is CCc1nc(SCC(=O)Nc2ccc(OC)c(OC)c2)[nH]c(=O)c1C#N. The number of nitrogens with one attached hydrogen (secondary N) is 2. The molecule has 0 saturated heterocycles. The molecule has 0 aliphatic heterocycles. The van der Waals surface area contributed by atoms with Crippen molar-refractivity contribution in [2.45, 2.75) is 18.5 Å². The number of methoxy groups -OCH3 is 2. The number of amides is 1. The number of nitrogens with zero attached hydrogens (tertiary/aromatic N) is 2. The molecule has 0 aliphatic carbocycles. The number of hydrogen-bond donors (Lipinski definition) is 2. The molecule has 0 atom stereocenters. The summed E-state index contributed by atoms with van der Waals surface area (Å²) in [6, 6.07) is 6.88. The van der Waals surface area contributed by atoms with Gasteiger partial charge in [-0.15, -0.1) is 0 Å². The Morgan fingerprint density at radius 1 is 1.35 bits per heavy atom. The third-order valence-electron chi connectivity index (χ3n) is 3.43. The second kappa shape index (κ2) is 8.92. The predicted octanol–water partition coefficient (Wildman–Crippen LogP) is 1.95. The lowest BCUT2D eigenvalue weighted by Gasteiger charge is -2.10. The zero-order chi connectivity index (χ0) is 19.1. The summed E-state index contributed by atoms with van der Waals surface area (Å²) in [5, 5.41) is 12.0. The fourth-order valence-electron chi connectivity index (χ4n) is 2.18. The minimum atomic E-state index is -0.498. The number of benzene rings is 1. The molecule has 1 aromatic carbocycles. The molecule has 0 bridgehead atoms. The van der Waals surface area contributed by atoms with Crippen LogP contribution in [0.4, 0.5) is 5.69 Å². The summed E-state index contributed by atoms with van der Waals surface area (Å²) in [5.74, 6) is 0.842. The first-order valence-electron chi connectivity index (χ1n) is 7.70. The minimum Gasteiger partial charge on any atom is -0.493 e. The smallest absolute Gasteiger partial charge is 0.269 e. The molecule has 0 fully saturated rings. The van der Waals surface area contributed by atoms with Crippen LogP contribution < -0.4 is 20.3 Å². The average Bonchev–Trinajstić information content (AvgIpc) is 2.65. The highest BCUT2D eigenvalue weighted by Gasteiger charge is 2.12. The van der Waals surface area contributed by atoms with E-state index in [0.717, 1.165) is 11.8 Å². The largest absolute Gasteiger partial charge is 0.493 e. The van der Waals surface area contributed by atoms with E-state index in [1.807, 2.05) is 6.07 Å². The van der Waals surface area contributed by atoms with Gasteiger partial charge in [0.1, 0.15) is 11.6 Å². The Morgan fingerprint density at radius 2 is 2.08 bits per heavy atom. The summed E-state index contributed by atoms with van der Waals surface area (Å²) in [6.45, 7) is 1.81. The Morgan fingerprint density at radius 3 is 2.69 bits per heavy atom. The number of hydrogen-bond acceptors (Lipinski definition) is 7. The van der Waals surface area contributed by atoms with Crippen molar-refractivity contribution in [3.05, 3.63) is 39.8 Å². The van der Waals surface area contributed by atoms with Gasteiger partial charge in [-0.2, -0.15) is 5.26 Å². The van der Waals surface area contributed by atoms with E-state index in [1.165, 1.54) is 14.2 Å². The first-order chi connectivity index (χ1) is 12.5. The maximum Gasteiger partial charge on any atom is 0.269 e. The van der Waals surface area contributed by atoms with Crippen LogP contribution in [0, 0.1) is 11.3 Å². The summed E-state index contributed by atoms with van der Waals surface area (Å²) in [5.41, 5.74) is 0.483. The van der Waals surface area contributed by atoms with Gasteiger partial charge in [-0.05, 0) is 18.6 Å². The maximum absolute atomic E-state index is 12.1. The molecule has 2 rings (SSSR count). The highest BCUT2D eigenvalue weighted by Crippen LogP contribution is 2.29. The van der Waals surface area contributed by atoms with Gasteiger partial charge in [0.15, 0.2) is 16.7 Å². The van der Waals surface area contributed by atoms with Gasteiger partial charge in [0.2, 0.25) is 5.91 Å². The average molecular weight is 374 g/mol. The number of anilines is 1. The van der Waals surface area contributed by atoms with Crippen LogP contribution in [0.2, 0.25) is 0 Å². The lowest BCUT2D eigenvalue weighted by molar-refractivity contribution is -0.113. The maximum atomic E-state index is 12.1. The van der Waals surface area contributed by atoms with Crippen LogP contribution in [-0.4, -0.2) is 35.8 Å². The quantitative estimate of drug-likeness (QED) is 0.562. The molecule has 0 spiro atoms. The molecule has 26 heavy (non-hydrogen) atoms. The summed E-state index contributed by atoms with van der Waals surface area (Å²) in [4.78, 5) is 30.7. The van der Waals surface area contributed by atoms with Crippen molar-refractivity contribution in [1.82, 2.24) is 9.97 Å². The van der Waals surface area contributed by atoms with Gasteiger partial charge in [0.25, 0.3) is 5.56 Å². The van der Waals surface area contributed by atoms with Crippen LogP contribution in [0.5, 0.6) is 11.5 Å². The predicted molar refractivity (Wildman–Crippen MR) is 97.9 cm³/mol. The molecule has 1 aromatic heterocycles. The van der Waals surface area contributed by atoms with Crippen molar-refractivity contribution in [2.75, 3.05) is 25.3 Å². The summed E-state index contributed by atoms with van der Waals surface area (Å²) >= 11 is 1.08. The summed E-state index contributed by atoms with van der Waals surface area (Å²) < 4.78 is 10.3. The van der Waals surface area contributed by atoms with Gasteiger partial charge < -0.3 is 19.8 Å². The van der Waals surface area contributed by atoms with Crippen molar-refractivity contribution in [2.24, 2.45) is 0 Å². The van der Waals surface area contributed by atoms with E-state index in [4.69, 9.17) is 14.7 Å². The Balaban J connectivity index is 2.05. The Kier molecular flexibility index (Phi) is 6.63. The van der Waals surface area contributed by atoms with E-state index in [9.17, 15) is 9.59 Å². The van der Waals surface area contributed by atoms with Crippen LogP contribution in [-0.2, 0) is 11.2 Å². The Bertz CT molecular complexity index is 905. The highest BCUT2D eigenvalue weighted by atomic mass is 32.2. The third-order valence-corrected chi connectivity index (χ3v) is 4.30. The molecule has 0 saturated carbocycles. The molecule has 0 aliphatic rings. The summed E-state index contributed by atoms with van der Waals surface area (Å²) in [6.07, 6.45) is 0.457. The molecular weight excluding hydrogens is 356 g/mol. The molecular formula is C17H18N4O4S. The van der Waals surface area contributed by atoms with E-state index >= 15 is 0 Å². The lowest BCUT2D eigenvalue weighted by Crippen LogP contribution is -2.18. The highest BCUT2D eigenvalue weighted by molar-refractivity contribution is 7.99. The van der Waals surface area contributed by atoms with Gasteiger partial charge in [0.05, 0.1) is 25.7 Å². The molecule has 0 radical (unpaired) electrons. The molecule has 1 amide bonds. The number of nitriles is 1. The standard InChI is InChI=1S/C17H18N4O4S/c1-4-12-11(8-18)16(23)21-17(20-12)26-9-15(22)19-10-5-6-13(24-2)14(7-10)25-3/h5-7H,4,9H2,1-3H3,(H,19,22)(H,20,21,23). The van der Waals surface area contributed by atoms with Crippen LogP contribution >= 0.6 is 11.8 Å². The van der Waals surface area contributed by atoms with Gasteiger partial charge in [-0.25, -0.2) is 4.98 Å². The van der Waals surface area contributed by atoms with E-state index in [2.05, 4.69) is 15.3 Å². The van der Waals surface area contributed by atoms with Crippen molar-refractivity contribution >= 4 is 23.4 Å². The van der Waals surface area contributed by atoms with Crippen molar-refractivity contribution in [3.8, 4) is 17.6 Å². The number of aryl methyl sites for hydroxylation is 1. The zero-order valence-electron chi connectivity index (χ0n) is 14.6. The fraction of sp³-hybridized carbons (Fsp3) is 0.294. The van der Waals surface area contributed by atoms with Gasteiger partial charge >= 0.3 is 0 Å². The van der Waals surface area contributed by atoms with E-state index in [0.29, 0.717) is 34.5 Å². The third kappa shape index (κ3) is 4.55. The van der Waals surface area contributed by atoms with E-state index in [1.54, 1.807) is 25.1 Å². The lowest BCUT2D eigenvalue weighted by atomic mass is 10.2. The number of aromatic nitrogens is 2. The second-order valence-corrected chi connectivity index (χ2v) is 6.03. The number of rotatable bonds is 7. The van der Waals surface area contributed by atoms with Crippen LogP contribution in [0.1, 0.15) is 18.2 Å². The zero-order valence-corrected chi connectivity index (χ0v) is 15.4. The topological polar surface area (TPSA) is 117 Å². The van der Waals surface area contributed by atoms with Crippen LogP contribution in [0.25, 0.3) is 0 Å². The minimum absolute atomic E-state index is 0.00614. The molecule has 2 N–H and O–H groups in total. The van der Waals surface area contributed by atoms with Crippen molar-refractivity contribution < 1.29 is 14.3 Å². The first kappa shape index (κ1) is 19.3. The van der Waals surface area contributed by atoms with Gasteiger partial charge in [-0.3, -0.25) is 9.59 Å². The van der Waals surface area contributed by atoms with Gasteiger partial charge in [-0.1, -0.05) is 18.7 Å². The molecule has 9 heteroatoms. The Hall–Kier alpha value is -2.99. The second-order valence-electron chi connectivity index (χ2n) is 5.06. The van der Waals surface area contributed by atoms with Crippen molar-refractivity contribution in [1.29, 1.82) is 5.26 Å². The molecule has 2 aromatic rings. The molecule has 8 nitrogen and oxygen atoms in total. The number of H-pyrrole nitrogens is 1. The van der Waals surface area contributed by atoms with Crippen molar-refractivity contribution in [3.63, 3.8) is 0 Å². The summed E-state index contributed by atoms with van der Waals surface area (Å²) in [7, 11) is 3.04. The van der Waals surface area contributed by atoms with E-state index in [-0.39, 0.29) is 17.2 Å². The number of ether oxygens (including phenoxy) is 2. The van der Waals surface area contributed by atoms with Gasteiger partial charge in [0, 0.05) is 11.8 Å². The van der Waals surface area contributed by atoms with Crippen LogP contribution in [0.15, 0.2) is 28.2 Å². The number of aromatic amines is 1. The molecule has 0 unspecified atom stereocenters.